The van der Waals surface area contributed by atoms with E-state index in [1.807, 2.05) is 0 Å². The number of benzene rings is 3. The molecular weight excluding hydrogens is 538 g/mol. The lowest BCUT2D eigenvalue weighted by atomic mass is 10.1. The van der Waals surface area contributed by atoms with Gasteiger partial charge >= 0.3 is 12.2 Å². The molecule has 3 aromatic carbocycles. The van der Waals surface area contributed by atoms with Crippen molar-refractivity contribution in [1.29, 1.82) is 0 Å². The van der Waals surface area contributed by atoms with E-state index in [2.05, 4.69) is 26.3 Å². The summed E-state index contributed by atoms with van der Waals surface area (Å²) in [6.07, 6.45) is -4.82. The second-order valence-corrected chi connectivity index (χ2v) is 9.38. The summed E-state index contributed by atoms with van der Waals surface area (Å²) in [4.78, 5) is 41.6. The van der Waals surface area contributed by atoms with Gasteiger partial charge in [-0.1, -0.05) is 17.4 Å². The monoisotopic (exact) mass is 559 g/mol. The van der Waals surface area contributed by atoms with Crippen LogP contribution >= 0.6 is 11.3 Å². The third-order valence-corrected chi connectivity index (χ3v) is 6.37. The molecule has 0 bridgehead atoms. The van der Waals surface area contributed by atoms with Crippen LogP contribution in [0.15, 0.2) is 54.6 Å². The first kappa shape index (κ1) is 27.5. The van der Waals surface area contributed by atoms with Gasteiger partial charge in [-0.25, -0.2) is 14.2 Å². The third-order valence-electron chi connectivity index (χ3n) is 5.44. The van der Waals surface area contributed by atoms with Crippen molar-refractivity contribution in [3.8, 4) is 0 Å². The first-order valence-corrected chi connectivity index (χ1v) is 12.3. The van der Waals surface area contributed by atoms with Crippen LogP contribution in [0.25, 0.3) is 10.2 Å². The fourth-order valence-corrected chi connectivity index (χ4v) is 4.44. The van der Waals surface area contributed by atoms with Crippen LogP contribution in [0.5, 0.6) is 0 Å². The fourth-order valence-electron chi connectivity index (χ4n) is 3.54. The number of nitrogens with zero attached hydrogens (tertiary/aromatic N) is 1. The van der Waals surface area contributed by atoms with Gasteiger partial charge in [-0.3, -0.25) is 14.9 Å². The molecule has 4 aromatic rings. The van der Waals surface area contributed by atoms with Crippen molar-refractivity contribution in [2.45, 2.75) is 20.0 Å². The molecule has 0 saturated heterocycles. The number of halogens is 4. The van der Waals surface area contributed by atoms with Crippen molar-refractivity contribution < 1.29 is 31.9 Å². The molecule has 0 aliphatic carbocycles. The number of carbonyl (C=O) groups excluding carboxylic acids is 3. The topological polar surface area (TPSA) is 112 Å². The Bertz CT molecular complexity index is 1590. The molecule has 0 fully saturated rings. The molecule has 4 rings (SSSR count). The molecule has 0 unspecified atom stereocenters. The van der Waals surface area contributed by atoms with Crippen molar-refractivity contribution in [2.75, 3.05) is 22.5 Å². The molecule has 0 spiro atoms. The van der Waals surface area contributed by atoms with Crippen LogP contribution in [0.1, 0.15) is 38.8 Å². The Morgan fingerprint density at radius 2 is 1.64 bits per heavy atom. The highest BCUT2D eigenvalue weighted by Gasteiger charge is 2.32. The van der Waals surface area contributed by atoms with Crippen molar-refractivity contribution >= 4 is 55.9 Å². The average molecular weight is 560 g/mol. The average Bonchev–Trinajstić information content (AvgIpc) is 3.26. The van der Waals surface area contributed by atoms with Crippen LogP contribution < -0.4 is 21.3 Å². The Hall–Kier alpha value is -4.52. The van der Waals surface area contributed by atoms with Crippen LogP contribution in [-0.4, -0.2) is 29.4 Å². The number of rotatable bonds is 6. The Morgan fingerprint density at radius 1 is 0.897 bits per heavy atom. The van der Waals surface area contributed by atoms with Gasteiger partial charge in [0.2, 0.25) is 0 Å². The lowest BCUT2D eigenvalue weighted by Gasteiger charge is -2.13. The number of hydrogen-bond donors (Lipinski definition) is 4. The van der Waals surface area contributed by atoms with E-state index in [0.717, 1.165) is 0 Å². The van der Waals surface area contributed by atoms with Crippen molar-refractivity contribution in [1.82, 2.24) is 10.3 Å². The van der Waals surface area contributed by atoms with Crippen LogP contribution in [0, 0.1) is 12.7 Å². The Morgan fingerprint density at radius 3 is 2.36 bits per heavy atom. The number of aryl methyl sites for hydroxylation is 1. The van der Waals surface area contributed by atoms with Crippen LogP contribution in [0.2, 0.25) is 0 Å². The van der Waals surface area contributed by atoms with Gasteiger partial charge < -0.3 is 16.0 Å². The molecular formula is C26H21F4N5O3S. The minimum absolute atomic E-state index is 0.178. The fraction of sp³-hybridized carbons (Fsp3) is 0.154. The van der Waals surface area contributed by atoms with Gasteiger partial charge in [0.05, 0.1) is 15.8 Å². The molecule has 0 aliphatic rings. The maximum Gasteiger partial charge on any atom is 0.416 e. The maximum absolute atomic E-state index is 13.7. The van der Waals surface area contributed by atoms with Gasteiger partial charge in [-0.2, -0.15) is 13.2 Å². The molecule has 0 radical (unpaired) electrons. The van der Waals surface area contributed by atoms with E-state index in [1.165, 1.54) is 23.5 Å². The smallest absolute Gasteiger partial charge is 0.338 e. The summed E-state index contributed by atoms with van der Waals surface area (Å²) in [6.45, 7) is 3.95. The molecule has 4 N–H and O–H groups in total. The summed E-state index contributed by atoms with van der Waals surface area (Å²) >= 11 is 1.20. The van der Waals surface area contributed by atoms with E-state index in [-0.39, 0.29) is 5.69 Å². The van der Waals surface area contributed by atoms with Gasteiger partial charge in [0, 0.05) is 29.0 Å². The predicted molar refractivity (Wildman–Crippen MR) is 141 cm³/mol. The van der Waals surface area contributed by atoms with Gasteiger partial charge in [0.1, 0.15) is 5.82 Å². The summed E-state index contributed by atoms with van der Waals surface area (Å²) in [5.41, 5.74) is 0.286. The first-order chi connectivity index (χ1) is 18.4. The van der Waals surface area contributed by atoms with Crippen molar-refractivity contribution in [2.24, 2.45) is 0 Å². The lowest BCUT2D eigenvalue weighted by molar-refractivity contribution is -0.137. The zero-order valence-corrected chi connectivity index (χ0v) is 21.3. The van der Waals surface area contributed by atoms with Gasteiger partial charge in [0.15, 0.2) is 5.13 Å². The number of nitrogens with one attached hydrogen (secondary N) is 4. The molecule has 8 nitrogen and oxygen atoms in total. The number of aromatic nitrogens is 1. The molecule has 202 valence electrons. The summed E-state index contributed by atoms with van der Waals surface area (Å²) < 4.78 is 53.4. The quantitative estimate of drug-likeness (QED) is 0.205. The van der Waals surface area contributed by atoms with Crippen LogP contribution in [0.3, 0.4) is 0 Å². The molecule has 13 heteroatoms. The number of carbonyl (C=O) groups is 3. The Kier molecular flexibility index (Phi) is 7.81. The number of thiazole rings is 1. The number of alkyl halides is 3. The minimum atomic E-state index is -4.82. The van der Waals surface area contributed by atoms with Crippen molar-refractivity contribution in [3.05, 3.63) is 82.7 Å². The van der Waals surface area contributed by atoms with E-state index in [4.69, 9.17) is 0 Å². The van der Waals surface area contributed by atoms with E-state index >= 15 is 0 Å². The Labute approximate surface area is 223 Å². The van der Waals surface area contributed by atoms with Gasteiger partial charge in [-0.15, -0.1) is 0 Å². The van der Waals surface area contributed by atoms with Crippen LogP contribution in [0.4, 0.5) is 38.9 Å². The molecule has 0 aliphatic heterocycles. The zero-order valence-electron chi connectivity index (χ0n) is 20.5. The number of fused-ring (bicyclic) bond motifs is 1. The zero-order chi connectivity index (χ0) is 28.3. The van der Waals surface area contributed by atoms with E-state index in [0.29, 0.717) is 56.9 Å². The number of anilines is 3. The SMILES string of the molecule is CCNC(=O)Nc1nc2ccc(C(=O)Nc3cc(NC(=O)c4cc(F)cc(C(F)(F)F)c4)ccc3C)cc2s1. The van der Waals surface area contributed by atoms with E-state index in [1.54, 1.807) is 38.1 Å². The first-order valence-electron chi connectivity index (χ1n) is 11.5. The predicted octanol–water partition coefficient (Wildman–Crippen LogP) is 6.41. The second-order valence-electron chi connectivity index (χ2n) is 8.35. The summed E-state index contributed by atoms with van der Waals surface area (Å²) in [5, 5.41) is 10.8. The van der Waals surface area contributed by atoms with Gasteiger partial charge in [0.25, 0.3) is 11.8 Å². The highest BCUT2D eigenvalue weighted by molar-refractivity contribution is 7.22. The van der Waals surface area contributed by atoms with Gasteiger partial charge in [-0.05, 0) is 67.9 Å². The largest absolute Gasteiger partial charge is 0.416 e. The summed E-state index contributed by atoms with van der Waals surface area (Å²) in [7, 11) is 0. The molecule has 1 heterocycles. The lowest BCUT2D eigenvalue weighted by Crippen LogP contribution is -2.28. The molecule has 0 atom stereocenters. The number of hydrogen-bond acceptors (Lipinski definition) is 5. The molecule has 1 aromatic heterocycles. The standard InChI is InChI=1S/C26H21F4N5O3S/c1-3-31-24(38)35-25-34-19-7-5-14(10-21(19)39-25)22(36)33-20-12-18(6-4-13(20)2)32-23(37)15-8-16(26(28,29)30)11-17(27)9-15/h4-12H,3H2,1-2H3,(H,32,37)(H,33,36)(H2,31,34,35,38). The summed E-state index contributed by atoms with van der Waals surface area (Å²) in [5.74, 6) is -2.61. The van der Waals surface area contributed by atoms with E-state index < -0.39 is 41.0 Å². The van der Waals surface area contributed by atoms with Crippen molar-refractivity contribution in [3.63, 3.8) is 0 Å². The number of amides is 4. The van der Waals surface area contributed by atoms with E-state index in [9.17, 15) is 31.9 Å². The second kappa shape index (κ2) is 11.1. The third kappa shape index (κ3) is 6.68. The Balaban J connectivity index is 1.50. The van der Waals surface area contributed by atoms with Crippen LogP contribution in [-0.2, 0) is 6.18 Å². The minimum Gasteiger partial charge on any atom is -0.338 e. The molecule has 39 heavy (non-hydrogen) atoms. The molecule has 0 saturated carbocycles. The number of urea groups is 1. The highest BCUT2D eigenvalue weighted by Crippen LogP contribution is 2.31. The summed E-state index contributed by atoms with van der Waals surface area (Å²) in [6, 6.07) is 10.5. The normalized spacial score (nSPS) is 11.2. The maximum atomic E-state index is 13.7. The highest BCUT2D eigenvalue weighted by atomic mass is 32.1. The molecule has 4 amide bonds.